The van der Waals surface area contributed by atoms with E-state index in [1.54, 1.807) is 0 Å². The zero-order chi connectivity index (χ0) is 25.0. The number of hydrogen-bond acceptors (Lipinski definition) is 5. The van der Waals surface area contributed by atoms with Crippen molar-refractivity contribution in [3.8, 4) is 11.1 Å². The van der Waals surface area contributed by atoms with E-state index in [1.807, 2.05) is 43.3 Å². The first-order chi connectivity index (χ1) is 16.8. The molecule has 4 rings (SSSR count). The molecule has 0 aliphatic heterocycles. The lowest BCUT2D eigenvalue weighted by Crippen LogP contribution is -2.60. The fourth-order valence-electron chi connectivity index (χ4n) is 5.34. The van der Waals surface area contributed by atoms with Gasteiger partial charge in [-0.1, -0.05) is 68.3 Å². The Hall–Kier alpha value is -3.39. The molecule has 1 saturated carbocycles. The molecule has 3 N–H and O–H groups in total. The van der Waals surface area contributed by atoms with E-state index in [1.165, 1.54) is 7.11 Å². The highest BCUT2D eigenvalue weighted by Crippen LogP contribution is 2.44. The number of methoxy groups -OCH3 is 1. The van der Waals surface area contributed by atoms with Gasteiger partial charge in [0.1, 0.15) is 12.1 Å². The summed E-state index contributed by atoms with van der Waals surface area (Å²) in [6.45, 7) is 2.00. The average Bonchev–Trinajstić information content (AvgIpc) is 3.16. The zero-order valence-corrected chi connectivity index (χ0v) is 20.1. The minimum atomic E-state index is -1.31. The molecule has 3 atom stereocenters. The third-order valence-electron chi connectivity index (χ3n) is 7.12. The second-order valence-corrected chi connectivity index (χ2v) is 9.51. The number of rotatable bonds is 8. The quantitative estimate of drug-likeness (QED) is 0.531. The van der Waals surface area contributed by atoms with Crippen LogP contribution < -0.4 is 10.6 Å². The molecule has 8 heteroatoms. The van der Waals surface area contributed by atoms with E-state index in [2.05, 4.69) is 22.8 Å². The van der Waals surface area contributed by atoms with Crippen molar-refractivity contribution in [2.45, 2.75) is 50.2 Å². The number of carboxylic acids is 1. The Morgan fingerprint density at radius 2 is 1.71 bits per heavy atom. The van der Waals surface area contributed by atoms with Crippen LogP contribution in [0.25, 0.3) is 11.1 Å². The first kappa shape index (κ1) is 24.7. The number of amides is 2. The van der Waals surface area contributed by atoms with Gasteiger partial charge in [0.25, 0.3) is 5.91 Å². The number of nitrogens with one attached hydrogen (secondary N) is 2. The molecule has 0 saturated heterocycles. The van der Waals surface area contributed by atoms with Crippen LogP contribution in [0.1, 0.15) is 49.7 Å². The maximum Gasteiger partial charge on any atom is 0.407 e. The van der Waals surface area contributed by atoms with Crippen LogP contribution in [-0.4, -0.2) is 55.0 Å². The van der Waals surface area contributed by atoms with Crippen molar-refractivity contribution < 1.29 is 29.0 Å². The summed E-state index contributed by atoms with van der Waals surface area (Å²) in [6, 6.07) is 16.1. The number of alkyl carbamates (subject to hydrolysis) is 1. The van der Waals surface area contributed by atoms with Gasteiger partial charge in [0, 0.05) is 13.0 Å². The van der Waals surface area contributed by atoms with Crippen LogP contribution in [0.2, 0.25) is 0 Å². The fourth-order valence-corrected chi connectivity index (χ4v) is 5.34. The van der Waals surface area contributed by atoms with E-state index >= 15 is 0 Å². The molecule has 0 bridgehead atoms. The Morgan fingerprint density at radius 3 is 2.29 bits per heavy atom. The molecule has 8 nitrogen and oxygen atoms in total. The van der Waals surface area contributed by atoms with Crippen LogP contribution in [0, 0.1) is 5.92 Å². The summed E-state index contributed by atoms with van der Waals surface area (Å²) < 4.78 is 10.8. The van der Waals surface area contributed by atoms with Crippen LogP contribution in [0.5, 0.6) is 0 Å². The number of aliphatic carboxylic acids is 1. The van der Waals surface area contributed by atoms with Gasteiger partial charge in [-0.25, -0.2) is 9.59 Å². The van der Waals surface area contributed by atoms with Gasteiger partial charge in [0.05, 0.1) is 6.54 Å². The molecule has 1 fully saturated rings. The highest BCUT2D eigenvalue weighted by molar-refractivity contribution is 5.89. The molecule has 0 radical (unpaired) electrons. The first-order valence-corrected chi connectivity index (χ1v) is 12.0. The summed E-state index contributed by atoms with van der Waals surface area (Å²) in [5, 5.41) is 15.1. The van der Waals surface area contributed by atoms with E-state index in [0.29, 0.717) is 12.8 Å². The molecule has 0 spiro atoms. The van der Waals surface area contributed by atoms with Crippen molar-refractivity contribution in [2.75, 3.05) is 20.3 Å². The van der Waals surface area contributed by atoms with E-state index in [4.69, 9.17) is 9.47 Å². The lowest BCUT2D eigenvalue weighted by molar-refractivity contribution is -0.152. The minimum absolute atomic E-state index is 0.0709. The number of carboxylic acid groups (broad SMARTS) is 1. The molecule has 3 unspecified atom stereocenters. The standard InChI is InChI=1S/C27H32N2O6/c1-17-8-7-13-27(14-17,25(31)32)29-24(30)23(34-2)15-28-26(33)35-16-22-20-11-5-3-9-18(20)19-10-4-6-12-21(19)22/h3-6,9-12,17,22-23H,7-8,13-16H2,1-2H3,(H,28,33)(H,29,30)(H,31,32). The highest BCUT2D eigenvalue weighted by Gasteiger charge is 2.44. The fraction of sp³-hybridized carbons (Fsp3) is 0.444. The summed E-state index contributed by atoms with van der Waals surface area (Å²) in [5.74, 6) is -1.49. The summed E-state index contributed by atoms with van der Waals surface area (Å²) >= 11 is 0. The third kappa shape index (κ3) is 5.17. The SMILES string of the molecule is COC(CNC(=O)OCC1c2ccccc2-c2ccccc21)C(=O)NC1(C(=O)O)CCCC(C)C1. The lowest BCUT2D eigenvalue weighted by Gasteiger charge is -2.37. The van der Waals surface area contributed by atoms with Crippen molar-refractivity contribution >= 4 is 18.0 Å². The van der Waals surface area contributed by atoms with Gasteiger partial charge in [-0.05, 0) is 41.0 Å². The van der Waals surface area contributed by atoms with Gasteiger partial charge >= 0.3 is 12.1 Å². The predicted molar refractivity (Wildman–Crippen MR) is 130 cm³/mol. The molecule has 0 aromatic heterocycles. The smallest absolute Gasteiger partial charge is 0.407 e. The van der Waals surface area contributed by atoms with E-state index < -0.39 is 29.6 Å². The maximum atomic E-state index is 12.8. The minimum Gasteiger partial charge on any atom is -0.480 e. The largest absolute Gasteiger partial charge is 0.480 e. The zero-order valence-electron chi connectivity index (χ0n) is 20.1. The van der Waals surface area contributed by atoms with Crippen molar-refractivity contribution in [2.24, 2.45) is 5.92 Å². The van der Waals surface area contributed by atoms with E-state index in [9.17, 15) is 19.5 Å². The van der Waals surface area contributed by atoms with Crippen LogP contribution in [0.3, 0.4) is 0 Å². The number of carbonyl (C=O) groups excluding carboxylic acids is 2. The molecule has 2 aromatic rings. The Kier molecular flexibility index (Phi) is 7.40. The van der Waals surface area contributed by atoms with Crippen molar-refractivity contribution in [1.82, 2.24) is 10.6 Å². The summed E-state index contributed by atoms with van der Waals surface area (Å²) in [6.07, 6.45) is 0.689. The topological polar surface area (TPSA) is 114 Å². The molecule has 0 heterocycles. The molecular formula is C27H32N2O6. The summed E-state index contributed by atoms with van der Waals surface area (Å²) in [4.78, 5) is 37.3. The van der Waals surface area contributed by atoms with Gasteiger partial charge in [-0.15, -0.1) is 0 Å². The molecular weight excluding hydrogens is 448 g/mol. The first-order valence-electron chi connectivity index (χ1n) is 12.0. The molecule has 186 valence electrons. The van der Waals surface area contributed by atoms with Crippen LogP contribution >= 0.6 is 0 Å². The Balaban J connectivity index is 1.33. The number of hydrogen-bond donors (Lipinski definition) is 3. The number of benzene rings is 2. The van der Waals surface area contributed by atoms with Gasteiger partial charge < -0.3 is 25.2 Å². The Bertz CT molecular complexity index is 1060. The van der Waals surface area contributed by atoms with Gasteiger partial charge in [-0.3, -0.25) is 4.79 Å². The average molecular weight is 481 g/mol. The third-order valence-corrected chi connectivity index (χ3v) is 7.12. The second kappa shape index (κ2) is 10.5. The number of ether oxygens (including phenoxy) is 2. The van der Waals surface area contributed by atoms with E-state index in [0.717, 1.165) is 35.1 Å². The van der Waals surface area contributed by atoms with E-state index in [-0.39, 0.29) is 25.0 Å². The van der Waals surface area contributed by atoms with Gasteiger partial charge in [0.15, 0.2) is 6.10 Å². The van der Waals surface area contributed by atoms with Gasteiger partial charge in [0.2, 0.25) is 0 Å². The number of fused-ring (bicyclic) bond motifs is 3. The second-order valence-electron chi connectivity index (χ2n) is 9.51. The normalized spacial score (nSPS) is 21.9. The van der Waals surface area contributed by atoms with Crippen LogP contribution in [0.15, 0.2) is 48.5 Å². The monoisotopic (exact) mass is 480 g/mol. The van der Waals surface area contributed by atoms with Crippen LogP contribution in [-0.2, 0) is 19.1 Å². The Morgan fingerprint density at radius 1 is 1.09 bits per heavy atom. The summed E-state index contributed by atoms with van der Waals surface area (Å²) in [7, 11) is 1.35. The van der Waals surface area contributed by atoms with Crippen molar-refractivity contribution in [1.29, 1.82) is 0 Å². The molecule has 2 amide bonds. The summed E-state index contributed by atoms with van der Waals surface area (Å²) in [5.41, 5.74) is 3.18. The highest BCUT2D eigenvalue weighted by atomic mass is 16.5. The van der Waals surface area contributed by atoms with Crippen molar-refractivity contribution in [3.05, 3.63) is 59.7 Å². The lowest BCUT2D eigenvalue weighted by atomic mass is 9.76. The predicted octanol–water partition coefficient (Wildman–Crippen LogP) is 3.69. The Labute approximate surface area is 205 Å². The van der Waals surface area contributed by atoms with Crippen LogP contribution in [0.4, 0.5) is 4.79 Å². The molecule has 35 heavy (non-hydrogen) atoms. The molecule has 2 aliphatic carbocycles. The molecule has 2 aliphatic rings. The number of carbonyl (C=O) groups is 3. The molecule has 2 aromatic carbocycles. The van der Waals surface area contributed by atoms with Crippen molar-refractivity contribution in [3.63, 3.8) is 0 Å². The maximum absolute atomic E-state index is 12.8. The van der Waals surface area contributed by atoms with Gasteiger partial charge in [-0.2, -0.15) is 0 Å².